The van der Waals surface area contributed by atoms with Crippen molar-refractivity contribution in [2.75, 3.05) is 37.7 Å². The number of aromatic nitrogens is 1. The molecule has 18 heavy (non-hydrogen) atoms. The van der Waals surface area contributed by atoms with E-state index in [-0.39, 0.29) is 0 Å². The molecule has 3 rings (SSSR count). The second kappa shape index (κ2) is 5.24. The monoisotopic (exact) mass is 247 g/mol. The van der Waals surface area contributed by atoms with Crippen LogP contribution in [0, 0.1) is 0 Å². The van der Waals surface area contributed by atoms with Crippen LogP contribution in [0.3, 0.4) is 0 Å². The van der Waals surface area contributed by atoms with Crippen LogP contribution in [0.1, 0.15) is 30.5 Å². The maximum Gasteiger partial charge on any atom is 0.128 e. The molecular weight excluding hydrogens is 226 g/mol. The van der Waals surface area contributed by atoms with Crippen LogP contribution in [0.15, 0.2) is 12.1 Å². The van der Waals surface area contributed by atoms with Crippen molar-refractivity contribution in [3.63, 3.8) is 0 Å². The van der Waals surface area contributed by atoms with Crippen molar-refractivity contribution in [1.29, 1.82) is 0 Å². The van der Waals surface area contributed by atoms with Gasteiger partial charge in [0.15, 0.2) is 0 Å². The second-order valence-electron chi connectivity index (χ2n) is 5.05. The molecule has 2 aliphatic rings. The Bertz CT molecular complexity index is 416. The van der Waals surface area contributed by atoms with Gasteiger partial charge in [-0.05, 0) is 18.1 Å². The average Bonchev–Trinajstić information content (AvgIpc) is 2.47. The molecule has 1 saturated heterocycles. The first-order chi connectivity index (χ1) is 8.88. The second-order valence-corrected chi connectivity index (χ2v) is 5.05. The first kappa shape index (κ1) is 11.9. The third-order valence-electron chi connectivity index (χ3n) is 3.92. The summed E-state index contributed by atoms with van der Waals surface area (Å²) in [7, 11) is 0. The minimum atomic E-state index is 0.565. The summed E-state index contributed by atoms with van der Waals surface area (Å²) in [4.78, 5) is 7.25. The number of nitrogens with zero attached hydrogens (tertiary/aromatic N) is 2. The van der Waals surface area contributed by atoms with E-state index in [4.69, 9.17) is 9.72 Å². The molecule has 1 fully saturated rings. The Labute approximate surface area is 108 Å². The predicted octanol–water partition coefficient (Wildman–Crippen LogP) is 1.52. The Morgan fingerprint density at radius 1 is 1.39 bits per heavy atom. The predicted molar refractivity (Wildman–Crippen MR) is 72.0 cm³/mol. The molecule has 4 heteroatoms. The molecule has 0 bridgehead atoms. The fourth-order valence-electron chi connectivity index (χ4n) is 2.78. The van der Waals surface area contributed by atoms with Gasteiger partial charge in [0.2, 0.25) is 0 Å². The van der Waals surface area contributed by atoms with Gasteiger partial charge in [0, 0.05) is 32.1 Å². The van der Waals surface area contributed by atoms with Gasteiger partial charge in [0.05, 0.1) is 18.9 Å². The number of fused-ring (bicyclic) bond motifs is 1. The Morgan fingerprint density at radius 3 is 3.00 bits per heavy atom. The maximum atomic E-state index is 5.40. The fraction of sp³-hybridized carbons (Fsp3) is 0.643. The van der Waals surface area contributed by atoms with Crippen LogP contribution in [0.2, 0.25) is 0 Å². The van der Waals surface area contributed by atoms with Crippen LogP contribution in [0.5, 0.6) is 0 Å². The standard InChI is InChI=1S/C14H21N3O/c1-2-11-9-15-10-12-3-4-13(16-14(11)12)17-5-7-18-8-6-17/h3-4,11,15H,2,5-10H2,1H3. The number of anilines is 1. The summed E-state index contributed by atoms with van der Waals surface area (Å²) in [6, 6.07) is 4.39. The molecule has 1 aromatic heterocycles. The van der Waals surface area contributed by atoms with Crippen LogP contribution < -0.4 is 10.2 Å². The Balaban J connectivity index is 1.88. The van der Waals surface area contributed by atoms with Crippen LogP contribution in [-0.4, -0.2) is 37.8 Å². The molecule has 0 aliphatic carbocycles. The van der Waals surface area contributed by atoms with Crippen LogP contribution >= 0.6 is 0 Å². The summed E-state index contributed by atoms with van der Waals surface area (Å²) >= 11 is 0. The van der Waals surface area contributed by atoms with E-state index >= 15 is 0 Å². The molecule has 0 spiro atoms. The largest absolute Gasteiger partial charge is 0.378 e. The van der Waals surface area contributed by atoms with Gasteiger partial charge in [-0.2, -0.15) is 0 Å². The molecule has 4 nitrogen and oxygen atoms in total. The van der Waals surface area contributed by atoms with E-state index in [1.54, 1.807) is 0 Å². The Morgan fingerprint density at radius 2 is 2.22 bits per heavy atom. The van der Waals surface area contributed by atoms with E-state index < -0.39 is 0 Å². The first-order valence-corrected chi connectivity index (χ1v) is 6.91. The molecule has 0 radical (unpaired) electrons. The maximum absolute atomic E-state index is 5.40. The zero-order valence-electron chi connectivity index (χ0n) is 11.0. The van der Waals surface area contributed by atoms with E-state index in [1.807, 2.05) is 0 Å². The summed E-state index contributed by atoms with van der Waals surface area (Å²) in [5.41, 5.74) is 2.67. The van der Waals surface area contributed by atoms with E-state index in [0.717, 1.165) is 51.6 Å². The highest BCUT2D eigenvalue weighted by Gasteiger charge is 2.22. The molecule has 98 valence electrons. The molecule has 1 unspecified atom stereocenters. The lowest BCUT2D eigenvalue weighted by Gasteiger charge is -2.30. The number of hydrogen-bond acceptors (Lipinski definition) is 4. The van der Waals surface area contributed by atoms with Crippen LogP contribution in [-0.2, 0) is 11.3 Å². The summed E-state index contributed by atoms with van der Waals surface area (Å²) in [5.74, 6) is 1.69. The van der Waals surface area contributed by atoms with Gasteiger partial charge < -0.3 is 15.0 Å². The zero-order valence-corrected chi connectivity index (χ0v) is 11.0. The molecule has 1 aromatic rings. The third-order valence-corrected chi connectivity index (χ3v) is 3.92. The Kier molecular flexibility index (Phi) is 3.48. The summed E-state index contributed by atoms with van der Waals surface area (Å²) < 4.78 is 5.40. The number of morpholine rings is 1. The zero-order chi connectivity index (χ0) is 12.4. The molecule has 0 aromatic carbocycles. The molecule has 2 aliphatic heterocycles. The lowest BCUT2D eigenvalue weighted by molar-refractivity contribution is 0.122. The van der Waals surface area contributed by atoms with Crippen LogP contribution in [0.25, 0.3) is 0 Å². The van der Waals surface area contributed by atoms with Crippen molar-refractivity contribution in [3.8, 4) is 0 Å². The van der Waals surface area contributed by atoms with E-state index in [2.05, 4.69) is 29.3 Å². The molecule has 1 atom stereocenters. The first-order valence-electron chi connectivity index (χ1n) is 6.91. The van der Waals surface area contributed by atoms with E-state index in [1.165, 1.54) is 11.3 Å². The highest BCUT2D eigenvalue weighted by molar-refractivity contribution is 5.43. The molecule has 0 amide bonds. The highest BCUT2D eigenvalue weighted by Crippen LogP contribution is 2.27. The molecule has 0 saturated carbocycles. The van der Waals surface area contributed by atoms with Crippen molar-refractivity contribution in [3.05, 3.63) is 23.4 Å². The van der Waals surface area contributed by atoms with Crippen molar-refractivity contribution in [2.45, 2.75) is 25.8 Å². The van der Waals surface area contributed by atoms with Crippen molar-refractivity contribution in [1.82, 2.24) is 10.3 Å². The lowest BCUT2D eigenvalue weighted by atomic mass is 9.94. The third kappa shape index (κ3) is 2.22. The van der Waals surface area contributed by atoms with Gasteiger partial charge in [-0.25, -0.2) is 4.98 Å². The summed E-state index contributed by atoms with van der Waals surface area (Å²) in [6.45, 7) is 7.81. The van der Waals surface area contributed by atoms with Crippen LogP contribution in [0.4, 0.5) is 5.82 Å². The topological polar surface area (TPSA) is 37.4 Å². The molecular formula is C14H21N3O. The van der Waals surface area contributed by atoms with E-state index in [9.17, 15) is 0 Å². The van der Waals surface area contributed by atoms with Gasteiger partial charge in [0.25, 0.3) is 0 Å². The number of hydrogen-bond donors (Lipinski definition) is 1. The van der Waals surface area contributed by atoms with Gasteiger partial charge in [-0.15, -0.1) is 0 Å². The van der Waals surface area contributed by atoms with Gasteiger partial charge in [-0.1, -0.05) is 13.0 Å². The van der Waals surface area contributed by atoms with Gasteiger partial charge >= 0.3 is 0 Å². The average molecular weight is 247 g/mol. The smallest absolute Gasteiger partial charge is 0.128 e. The quantitative estimate of drug-likeness (QED) is 0.859. The van der Waals surface area contributed by atoms with E-state index in [0.29, 0.717) is 5.92 Å². The number of pyridine rings is 1. The van der Waals surface area contributed by atoms with Crippen molar-refractivity contribution < 1.29 is 4.74 Å². The van der Waals surface area contributed by atoms with Gasteiger partial charge in [-0.3, -0.25) is 0 Å². The van der Waals surface area contributed by atoms with Gasteiger partial charge in [0.1, 0.15) is 5.82 Å². The summed E-state index contributed by atoms with van der Waals surface area (Å²) in [5, 5.41) is 3.47. The van der Waals surface area contributed by atoms with Crippen molar-refractivity contribution in [2.24, 2.45) is 0 Å². The minimum absolute atomic E-state index is 0.565. The normalized spacial score (nSPS) is 23.8. The highest BCUT2D eigenvalue weighted by atomic mass is 16.5. The number of ether oxygens (including phenoxy) is 1. The lowest BCUT2D eigenvalue weighted by Crippen LogP contribution is -2.37. The summed E-state index contributed by atoms with van der Waals surface area (Å²) in [6.07, 6.45) is 1.15. The molecule has 3 heterocycles. The molecule has 1 N–H and O–H groups in total. The number of nitrogens with one attached hydrogen (secondary N) is 1. The fourth-order valence-corrected chi connectivity index (χ4v) is 2.78. The minimum Gasteiger partial charge on any atom is -0.378 e. The van der Waals surface area contributed by atoms with Crippen molar-refractivity contribution >= 4 is 5.82 Å². The SMILES string of the molecule is CCC1CNCc2ccc(N3CCOCC3)nc21. The Hall–Kier alpha value is -1.13. The number of rotatable bonds is 2.